The predicted octanol–water partition coefficient (Wildman–Crippen LogP) is 1.05. The number of morpholine rings is 1. The molecule has 1 N–H and O–H groups in total. The lowest BCUT2D eigenvalue weighted by Gasteiger charge is -2.25. The van der Waals surface area contributed by atoms with Crippen LogP contribution in [0.3, 0.4) is 0 Å². The van der Waals surface area contributed by atoms with Gasteiger partial charge in [-0.15, -0.1) is 0 Å². The highest BCUT2D eigenvalue weighted by Crippen LogP contribution is 2.18. The molecule has 1 fully saturated rings. The molecule has 1 aliphatic rings. The molecular formula is C10H14N2O. The zero-order chi connectivity index (χ0) is 9.10. The Morgan fingerprint density at radius 3 is 3.23 bits per heavy atom. The summed E-state index contributed by atoms with van der Waals surface area (Å²) in [4.78, 5) is 4.07. The fraction of sp³-hybridized carbons (Fsp3) is 0.500. The first-order valence-electron chi connectivity index (χ1n) is 4.59. The minimum Gasteiger partial charge on any atom is -0.378 e. The van der Waals surface area contributed by atoms with Gasteiger partial charge in [-0.2, -0.15) is 0 Å². The molecular weight excluding hydrogens is 164 g/mol. The Balaban J connectivity index is 2.18. The maximum atomic E-state index is 5.41. The molecule has 3 nitrogen and oxygen atoms in total. The lowest BCUT2D eigenvalue weighted by Crippen LogP contribution is -2.34. The first kappa shape index (κ1) is 8.66. The van der Waals surface area contributed by atoms with Crippen LogP contribution in [0.5, 0.6) is 0 Å². The molecule has 0 bridgehead atoms. The summed E-state index contributed by atoms with van der Waals surface area (Å²) in [6.45, 7) is 4.61. The van der Waals surface area contributed by atoms with Crippen LogP contribution < -0.4 is 5.32 Å². The van der Waals surface area contributed by atoms with Gasteiger partial charge in [0.15, 0.2) is 0 Å². The van der Waals surface area contributed by atoms with Crippen molar-refractivity contribution in [1.82, 2.24) is 10.3 Å². The molecule has 1 aliphatic heterocycles. The second kappa shape index (κ2) is 3.85. The molecule has 1 atom stereocenters. The summed E-state index contributed by atoms with van der Waals surface area (Å²) in [5.41, 5.74) is 2.53. The molecule has 2 heterocycles. The minimum atomic E-state index is 0.344. The second-order valence-electron chi connectivity index (χ2n) is 3.31. The molecule has 0 aromatic carbocycles. The van der Waals surface area contributed by atoms with E-state index >= 15 is 0 Å². The van der Waals surface area contributed by atoms with E-state index in [4.69, 9.17) is 4.74 Å². The van der Waals surface area contributed by atoms with Gasteiger partial charge < -0.3 is 10.1 Å². The van der Waals surface area contributed by atoms with Crippen LogP contribution in [0, 0.1) is 6.92 Å². The summed E-state index contributed by atoms with van der Waals surface area (Å²) in [6.07, 6.45) is 3.73. The van der Waals surface area contributed by atoms with E-state index < -0.39 is 0 Å². The second-order valence-corrected chi connectivity index (χ2v) is 3.31. The number of pyridine rings is 1. The first-order valence-corrected chi connectivity index (χ1v) is 4.59. The molecule has 1 aromatic rings. The molecule has 1 aromatic heterocycles. The van der Waals surface area contributed by atoms with Gasteiger partial charge in [-0.25, -0.2) is 0 Å². The Morgan fingerprint density at radius 1 is 1.62 bits per heavy atom. The van der Waals surface area contributed by atoms with E-state index in [1.165, 1.54) is 11.1 Å². The molecule has 0 amide bonds. The molecule has 0 saturated carbocycles. The van der Waals surface area contributed by atoms with Crippen LogP contribution in [0.2, 0.25) is 0 Å². The number of aromatic nitrogens is 1. The van der Waals surface area contributed by atoms with E-state index in [0.29, 0.717) is 6.04 Å². The van der Waals surface area contributed by atoms with Gasteiger partial charge in [0.25, 0.3) is 0 Å². The summed E-state index contributed by atoms with van der Waals surface area (Å²) in [5.74, 6) is 0. The molecule has 1 unspecified atom stereocenters. The number of nitrogens with zero attached hydrogens (tertiary/aromatic N) is 1. The maximum Gasteiger partial charge on any atom is 0.0662 e. The van der Waals surface area contributed by atoms with Crippen LogP contribution in [0.4, 0.5) is 0 Å². The van der Waals surface area contributed by atoms with Gasteiger partial charge in [-0.3, -0.25) is 4.98 Å². The lowest BCUT2D eigenvalue weighted by molar-refractivity contribution is 0.0766. The Bertz CT molecular complexity index is 282. The zero-order valence-electron chi connectivity index (χ0n) is 7.79. The van der Waals surface area contributed by atoms with Crippen molar-refractivity contribution in [1.29, 1.82) is 0 Å². The number of rotatable bonds is 1. The topological polar surface area (TPSA) is 34.1 Å². The maximum absolute atomic E-state index is 5.41. The van der Waals surface area contributed by atoms with E-state index in [1.54, 1.807) is 0 Å². The molecule has 13 heavy (non-hydrogen) atoms. The van der Waals surface area contributed by atoms with Crippen LogP contribution in [0.15, 0.2) is 18.5 Å². The third kappa shape index (κ3) is 1.87. The number of hydrogen-bond donors (Lipinski definition) is 1. The first-order chi connectivity index (χ1) is 6.38. The quantitative estimate of drug-likeness (QED) is 0.698. The summed E-state index contributed by atoms with van der Waals surface area (Å²) >= 11 is 0. The molecule has 0 spiro atoms. The third-order valence-corrected chi connectivity index (χ3v) is 2.36. The van der Waals surface area contributed by atoms with Crippen LogP contribution in [0.25, 0.3) is 0 Å². The fourth-order valence-electron chi connectivity index (χ4n) is 1.64. The highest BCUT2D eigenvalue weighted by molar-refractivity contribution is 5.25. The molecule has 1 saturated heterocycles. The van der Waals surface area contributed by atoms with Crippen LogP contribution in [-0.4, -0.2) is 24.7 Å². The van der Waals surface area contributed by atoms with E-state index in [1.807, 2.05) is 12.4 Å². The monoisotopic (exact) mass is 178 g/mol. The lowest BCUT2D eigenvalue weighted by atomic mass is 10.0. The van der Waals surface area contributed by atoms with Crippen molar-refractivity contribution < 1.29 is 4.74 Å². The van der Waals surface area contributed by atoms with Crippen molar-refractivity contribution in [3.8, 4) is 0 Å². The van der Waals surface area contributed by atoms with Gasteiger partial charge in [-0.1, -0.05) is 0 Å². The normalized spacial score (nSPS) is 23.0. The van der Waals surface area contributed by atoms with Crippen molar-refractivity contribution in [2.75, 3.05) is 19.8 Å². The fourth-order valence-corrected chi connectivity index (χ4v) is 1.64. The highest BCUT2D eigenvalue weighted by atomic mass is 16.5. The number of hydrogen-bond acceptors (Lipinski definition) is 3. The van der Waals surface area contributed by atoms with E-state index in [-0.39, 0.29) is 0 Å². The molecule has 70 valence electrons. The van der Waals surface area contributed by atoms with Crippen LogP contribution in [0.1, 0.15) is 17.2 Å². The van der Waals surface area contributed by atoms with E-state index in [9.17, 15) is 0 Å². The summed E-state index contributed by atoms with van der Waals surface area (Å²) in [5, 5.41) is 3.42. The Morgan fingerprint density at radius 2 is 2.54 bits per heavy atom. The van der Waals surface area contributed by atoms with Gasteiger partial charge in [0.2, 0.25) is 0 Å². The van der Waals surface area contributed by atoms with Gasteiger partial charge >= 0.3 is 0 Å². The Labute approximate surface area is 78.1 Å². The largest absolute Gasteiger partial charge is 0.378 e. The number of aryl methyl sites for hydroxylation is 1. The molecule has 2 rings (SSSR count). The minimum absolute atomic E-state index is 0.344. The summed E-state index contributed by atoms with van der Waals surface area (Å²) in [6, 6.07) is 2.40. The zero-order valence-corrected chi connectivity index (χ0v) is 7.79. The molecule has 0 radical (unpaired) electrons. The Hall–Kier alpha value is -0.930. The average molecular weight is 178 g/mol. The third-order valence-electron chi connectivity index (χ3n) is 2.36. The molecule has 3 heteroatoms. The van der Waals surface area contributed by atoms with Crippen molar-refractivity contribution in [2.24, 2.45) is 0 Å². The van der Waals surface area contributed by atoms with E-state index in [0.717, 1.165) is 19.8 Å². The SMILES string of the molecule is Cc1cnccc1C1COCCN1. The van der Waals surface area contributed by atoms with Crippen molar-refractivity contribution >= 4 is 0 Å². The summed E-state index contributed by atoms with van der Waals surface area (Å²) in [7, 11) is 0. The van der Waals surface area contributed by atoms with Crippen molar-refractivity contribution in [2.45, 2.75) is 13.0 Å². The molecule has 0 aliphatic carbocycles. The van der Waals surface area contributed by atoms with Gasteiger partial charge in [0.1, 0.15) is 0 Å². The van der Waals surface area contributed by atoms with Crippen LogP contribution in [-0.2, 0) is 4.74 Å². The summed E-state index contributed by atoms with van der Waals surface area (Å²) < 4.78 is 5.41. The van der Waals surface area contributed by atoms with Crippen molar-refractivity contribution in [3.05, 3.63) is 29.6 Å². The average Bonchev–Trinajstić information content (AvgIpc) is 2.20. The highest BCUT2D eigenvalue weighted by Gasteiger charge is 2.16. The Kier molecular flexibility index (Phi) is 2.57. The predicted molar refractivity (Wildman–Crippen MR) is 50.5 cm³/mol. The number of ether oxygens (including phenoxy) is 1. The van der Waals surface area contributed by atoms with E-state index in [2.05, 4.69) is 23.3 Å². The number of nitrogens with one attached hydrogen (secondary N) is 1. The van der Waals surface area contributed by atoms with Gasteiger partial charge in [0, 0.05) is 18.9 Å². The standard InChI is InChI=1S/C10H14N2O/c1-8-6-11-3-2-9(8)10-7-13-5-4-12-10/h2-3,6,10,12H,4-5,7H2,1H3. The van der Waals surface area contributed by atoms with Crippen molar-refractivity contribution in [3.63, 3.8) is 0 Å². The smallest absolute Gasteiger partial charge is 0.0662 e. The van der Waals surface area contributed by atoms with Crippen LogP contribution >= 0.6 is 0 Å². The van der Waals surface area contributed by atoms with Gasteiger partial charge in [-0.05, 0) is 24.1 Å². The van der Waals surface area contributed by atoms with Gasteiger partial charge in [0.05, 0.1) is 19.3 Å².